The number of nitrogens with zero attached hydrogens (tertiary/aromatic N) is 4. The van der Waals surface area contributed by atoms with Gasteiger partial charge in [0.05, 0.1) is 35.3 Å². The minimum absolute atomic E-state index is 0.281. The van der Waals surface area contributed by atoms with Crippen LogP contribution in [0.1, 0.15) is 5.56 Å². The minimum Gasteiger partial charge on any atom is -0.494 e. The summed E-state index contributed by atoms with van der Waals surface area (Å²) in [5, 5.41) is 12.9. The van der Waals surface area contributed by atoms with Crippen molar-refractivity contribution in [3.05, 3.63) is 60.6 Å². The van der Waals surface area contributed by atoms with E-state index in [-0.39, 0.29) is 5.88 Å². The maximum Gasteiger partial charge on any atom is 0.202 e. The summed E-state index contributed by atoms with van der Waals surface area (Å²) < 4.78 is 7.36. The molecule has 1 aliphatic rings. The van der Waals surface area contributed by atoms with Crippen LogP contribution in [0.2, 0.25) is 0 Å². The van der Waals surface area contributed by atoms with Gasteiger partial charge in [-0.25, -0.2) is 0 Å². The van der Waals surface area contributed by atoms with Crippen LogP contribution in [0.4, 0.5) is 5.69 Å². The van der Waals surface area contributed by atoms with Crippen molar-refractivity contribution in [3.8, 4) is 5.88 Å². The zero-order valence-corrected chi connectivity index (χ0v) is 15.6. The van der Waals surface area contributed by atoms with E-state index in [4.69, 9.17) is 4.74 Å². The molecular weight excluding hydrogens is 352 g/mol. The van der Waals surface area contributed by atoms with Crippen molar-refractivity contribution >= 4 is 27.5 Å². The molecule has 0 spiro atoms. The summed E-state index contributed by atoms with van der Waals surface area (Å²) in [5.41, 5.74) is 4.07. The van der Waals surface area contributed by atoms with Crippen LogP contribution in [0, 0.1) is 0 Å². The summed E-state index contributed by atoms with van der Waals surface area (Å²) in [4.78, 5) is 11.2. The number of benzene rings is 1. The first-order chi connectivity index (χ1) is 13.8. The van der Waals surface area contributed by atoms with Gasteiger partial charge >= 0.3 is 0 Å². The lowest BCUT2D eigenvalue weighted by molar-refractivity contribution is 0.123. The molecule has 0 radical (unpaired) electrons. The number of pyridine rings is 2. The van der Waals surface area contributed by atoms with E-state index in [9.17, 15) is 5.11 Å². The maximum absolute atomic E-state index is 10.9. The SMILES string of the molecule is Oc1c2c(N3CCOCC3)ccnc2cn1CCc1ccnc2ccccc12. The number of rotatable bonds is 4. The van der Waals surface area contributed by atoms with E-state index in [1.807, 2.05) is 47.4 Å². The summed E-state index contributed by atoms with van der Waals surface area (Å²) in [6.45, 7) is 3.75. The second-order valence-corrected chi connectivity index (χ2v) is 7.07. The quantitative estimate of drug-likeness (QED) is 0.593. The van der Waals surface area contributed by atoms with Crippen molar-refractivity contribution < 1.29 is 9.84 Å². The molecule has 4 heterocycles. The average Bonchev–Trinajstić information content (AvgIpc) is 3.08. The molecule has 0 atom stereocenters. The Bertz CT molecular complexity index is 1130. The number of aryl methyl sites for hydroxylation is 2. The normalized spacial score (nSPS) is 14.8. The van der Waals surface area contributed by atoms with Gasteiger partial charge in [-0.05, 0) is 30.2 Å². The average molecular weight is 374 g/mol. The second kappa shape index (κ2) is 7.13. The summed E-state index contributed by atoms with van der Waals surface area (Å²) in [5.74, 6) is 0.281. The van der Waals surface area contributed by atoms with Gasteiger partial charge in [-0.15, -0.1) is 0 Å². The van der Waals surface area contributed by atoms with Crippen LogP contribution in [0.25, 0.3) is 21.8 Å². The molecule has 6 nitrogen and oxygen atoms in total. The number of fused-ring (bicyclic) bond motifs is 2. The number of para-hydroxylation sites is 1. The Morgan fingerprint density at radius 2 is 1.75 bits per heavy atom. The van der Waals surface area contributed by atoms with Gasteiger partial charge in [0.25, 0.3) is 0 Å². The van der Waals surface area contributed by atoms with Crippen molar-refractivity contribution in [2.24, 2.45) is 0 Å². The van der Waals surface area contributed by atoms with E-state index < -0.39 is 0 Å². The zero-order chi connectivity index (χ0) is 18.9. The maximum atomic E-state index is 10.9. The third-order valence-electron chi connectivity index (χ3n) is 5.45. The van der Waals surface area contributed by atoms with Crippen LogP contribution >= 0.6 is 0 Å². The molecule has 142 valence electrons. The van der Waals surface area contributed by atoms with Gasteiger partial charge in [-0.1, -0.05) is 18.2 Å². The van der Waals surface area contributed by atoms with E-state index >= 15 is 0 Å². The van der Waals surface area contributed by atoms with E-state index in [0.29, 0.717) is 19.8 Å². The van der Waals surface area contributed by atoms with Crippen molar-refractivity contribution in [1.29, 1.82) is 0 Å². The van der Waals surface area contributed by atoms with Crippen molar-refractivity contribution in [2.45, 2.75) is 13.0 Å². The molecule has 1 N–H and O–H groups in total. The van der Waals surface area contributed by atoms with Crippen LogP contribution in [-0.2, 0) is 17.7 Å². The number of ether oxygens (including phenoxy) is 1. The molecule has 0 bridgehead atoms. The fourth-order valence-electron chi connectivity index (χ4n) is 4.00. The molecule has 1 aromatic carbocycles. The van der Waals surface area contributed by atoms with Gasteiger partial charge in [0.1, 0.15) is 0 Å². The Labute approximate surface area is 163 Å². The van der Waals surface area contributed by atoms with Gasteiger partial charge < -0.3 is 19.3 Å². The number of aromatic nitrogens is 3. The van der Waals surface area contributed by atoms with Gasteiger partial charge in [0.15, 0.2) is 0 Å². The molecule has 4 aromatic rings. The summed E-state index contributed by atoms with van der Waals surface area (Å²) in [6, 6.07) is 12.2. The molecular formula is C22H22N4O2. The fourth-order valence-corrected chi connectivity index (χ4v) is 4.00. The molecule has 3 aromatic heterocycles. The van der Waals surface area contributed by atoms with Crippen LogP contribution in [0.3, 0.4) is 0 Å². The van der Waals surface area contributed by atoms with Crippen LogP contribution < -0.4 is 4.90 Å². The molecule has 1 fully saturated rings. The Kier molecular flexibility index (Phi) is 4.33. The molecule has 1 saturated heterocycles. The standard InChI is InChI=1S/C22H22N4O2/c27-22-21-19(24-9-6-20(21)25-11-13-28-14-12-25)15-26(22)10-7-16-5-8-23-18-4-2-1-3-17(16)18/h1-6,8-9,15,27H,7,10-14H2. The highest BCUT2D eigenvalue weighted by Crippen LogP contribution is 2.35. The van der Waals surface area contributed by atoms with E-state index in [0.717, 1.165) is 47.0 Å². The lowest BCUT2D eigenvalue weighted by atomic mass is 10.1. The van der Waals surface area contributed by atoms with Crippen molar-refractivity contribution in [3.63, 3.8) is 0 Å². The van der Waals surface area contributed by atoms with E-state index in [1.54, 1.807) is 0 Å². The van der Waals surface area contributed by atoms with Crippen molar-refractivity contribution in [2.75, 3.05) is 31.2 Å². The first kappa shape index (κ1) is 17.0. The first-order valence-corrected chi connectivity index (χ1v) is 9.63. The largest absolute Gasteiger partial charge is 0.494 e. The monoisotopic (exact) mass is 374 g/mol. The molecule has 28 heavy (non-hydrogen) atoms. The zero-order valence-electron chi connectivity index (χ0n) is 15.6. The minimum atomic E-state index is 0.281. The number of morpholine rings is 1. The number of anilines is 1. The van der Waals surface area contributed by atoms with E-state index in [2.05, 4.69) is 27.0 Å². The molecule has 0 aliphatic carbocycles. The predicted octanol–water partition coefficient (Wildman–Crippen LogP) is 3.37. The smallest absolute Gasteiger partial charge is 0.202 e. The number of hydrogen-bond acceptors (Lipinski definition) is 5. The molecule has 0 saturated carbocycles. The van der Waals surface area contributed by atoms with E-state index in [1.165, 1.54) is 5.56 Å². The molecule has 0 unspecified atom stereocenters. The Morgan fingerprint density at radius 1 is 0.964 bits per heavy atom. The molecule has 5 rings (SSSR count). The highest BCUT2D eigenvalue weighted by Gasteiger charge is 2.19. The van der Waals surface area contributed by atoms with Crippen LogP contribution in [0.5, 0.6) is 5.88 Å². The van der Waals surface area contributed by atoms with Crippen LogP contribution in [-0.4, -0.2) is 45.9 Å². The third kappa shape index (κ3) is 2.96. The summed E-state index contributed by atoms with van der Waals surface area (Å²) in [7, 11) is 0. The van der Waals surface area contributed by atoms with Gasteiger partial charge in [0, 0.05) is 43.6 Å². The van der Waals surface area contributed by atoms with Gasteiger partial charge in [0.2, 0.25) is 5.88 Å². The Hall–Kier alpha value is -3.12. The fraction of sp³-hybridized carbons (Fsp3) is 0.273. The molecule has 1 aliphatic heterocycles. The Balaban J connectivity index is 1.47. The van der Waals surface area contributed by atoms with Gasteiger partial charge in [-0.2, -0.15) is 0 Å². The van der Waals surface area contributed by atoms with Crippen molar-refractivity contribution in [1.82, 2.24) is 14.5 Å². The first-order valence-electron chi connectivity index (χ1n) is 9.63. The Morgan fingerprint density at radius 3 is 2.64 bits per heavy atom. The molecule has 0 amide bonds. The summed E-state index contributed by atoms with van der Waals surface area (Å²) >= 11 is 0. The number of aromatic hydroxyl groups is 1. The summed E-state index contributed by atoms with van der Waals surface area (Å²) in [6.07, 6.45) is 6.41. The second-order valence-electron chi connectivity index (χ2n) is 7.07. The lowest BCUT2D eigenvalue weighted by Gasteiger charge is -2.29. The van der Waals surface area contributed by atoms with Crippen LogP contribution in [0.15, 0.2) is 55.0 Å². The van der Waals surface area contributed by atoms with Gasteiger partial charge in [-0.3, -0.25) is 9.97 Å². The number of hydrogen-bond donors (Lipinski definition) is 1. The highest BCUT2D eigenvalue weighted by atomic mass is 16.5. The highest BCUT2D eigenvalue weighted by molar-refractivity contribution is 5.96. The predicted molar refractivity (Wildman–Crippen MR) is 110 cm³/mol. The topological polar surface area (TPSA) is 63.4 Å². The third-order valence-corrected chi connectivity index (χ3v) is 5.45. The lowest BCUT2D eigenvalue weighted by Crippen LogP contribution is -2.36. The molecule has 6 heteroatoms.